The Morgan fingerprint density at radius 1 is 0.567 bits per heavy atom. The van der Waals surface area contributed by atoms with E-state index in [4.69, 9.17) is 9.47 Å². The van der Waals surface area contributed by atoms with Crippen LogP contribution in [0.25, 0.3) is 27.2 Å². The van der Waals surface area contributed by atoms with Crippen molar-refractivity contribution in [3.63, 3.8) is 0 Å². The van der Waals surface area contributed by atoms with Gasteiger partial charge in [0.2, 0.25) is 20.0 Å². The molecule has 0 unspecified atom stereocenters. The van der Waals surface area contributed by atoms with Gasteiger partial charge >= 0.3 is 5.97 Å². The molecule has 67 heavy (non-hydrogen) atoms. The predicted molar refractivity (Wildman–Crippen MR) is 246 cm³/mol. The van der Waals surface area contributed by atoms with E-state index in [0.717, 1.165) is 21.8 Å². The van der Waals surface area contributed by atoms with Crippen molar-refractivity contribution >= 4 is 59.4 Å². The lowest BCUT2D eigenvalue weighted by Crippen LogP contribution is -2.51. The van der Waals surface area contributed by atoms with Crippen LogP contribution in [0.15, 0.2) is 150 Å². The standard InChI is InChI=1S/C24H24N2O6S.C23H22N6O4S/c1-31-24(28)19-6-9-21(10-7-19)32-17-23(27)25-12-14-26(15-13-25)33(29,30)22-11-8-18-4-2-3-5-20(18)16-22;30-23(16-33-20-10-8-19(9-11-20)29-17-24-25-26-29)27-12-14-28(15-13-27)34(31,32)22-7-3-5-18-4-1-2-6-21(18)22/h2-11,16H,12-15,17H2,1H3;1-11,17H,12-16H2. The number of rotatable bonds is 12. The summed E-state index contributed by atoms with van der Waals surface area (Å²) in [5.74, 6) is 0.131. The van der Waals surface area contributed by atoms with Gasteiger partial charge in [0.05, 0.1) is 28.2 Å². The van der Waals surface area contributed by atoms with Crippen molar-refractivity contribution in [2.75, 3.05) is 72.7 Å². The van der Waals surface area contributed by atoms with Gasteiger partial charge in [-0.2, -0.15) is 8.61 Å². The molecule has 0 bridgehead atoms. The van der Waals surface area contributed by atoms with Gasteiger partial charge < -0.3 is 24.0 Å². The number of carbonyl (C=O) groups excluding carboxylic acids is 3. The maximum absolute atomic E-state index is 13.3. The summed E-state index contributed by atoms with van der Waals surface area (Å²) in [6.07, 6.45) is 1.49. The van der Waals surface area contributed by atoms with E-state index in [0.29, 0.717) is 40.4 Å². The molecule has 6 aromatic carbocycles. The molecule has 18 nitrogen and oxygen atoms in total. The quantitative estimate of drug-likeness (QED) is 0.157. The largest absolute Gasteiger partial charge is 0.484 e. The Bertz CT molecular complexity index is 3080. The van der Waals surface area contributed by atoms with E-state index in [1.165, 1.54) is 26.7 Å². The van der Waals surface area contributed by atoms with Crippen molar-refractivity contribution in [2.24, 2.45) is 0 Å². The van der Waals surface area contributed by atoms with Gasteiger partial charge in [-0.25, -0.2) is 26.3 Å². The molecule has 0 spiro atoms. The van der Waals surface area contributed by atoms with Crippen molar-refractivity contribution < 1.29 is 45.4 Å². The highest BCUT2D eigenvalue weighted by atomic mass is 32.2. The van der Waals surface area contributed by atoms with Crippen LogP contribution in [0.4, 0.5) is 0 Å². The molecule has 9 rings (SSSR count). The van der Waals surface area contributed by atoms with E-state index in [-0.39, 0.29) is 69.2 Å². The van der Waals surface area contributed by atoms with Crippen LogP contribution in [0.1, 0.15) is 10.4 Å². The van der Waals surface area contributed by atoms with Crippen molar-refractivity contribution in [1.29, 1.82) is 0 Å². The van der Waals surface area contributed by atoms with E-state index in [1.807, 2.05) is 54.6 Å². The number of piperazine rings is 2. The molecule has 7 aromatic rings. The molecule has 346 valence electrons. The van der Waals surface area contributed by atoms with Gasteiger partial charge in [0.1, 0.15) is 17.8 Å². The van der Waals surface area contributed by atoms with E-state index < -0.39 is 26.0 Å². The molecule has 0 aliphatic carbocycles. The SMILES string of the molecule is COC(=O)c1ccc(OCC(=O)N2CCN(S(=O)(=O)c3ccc4ccccc4c3)CC2)cc1.O=C(COc1ccc(-n2cnnn2)cc1)N1CCN(S(=O)(=O)c2cccc3ccccc23)CC1. The molecule has 0 saturated carbocycles. The Morgan fingerprint density at radius 2 is 1.10 bits per heavy atom. The molecule has 2 aliphatic rings. The summed E-state index contributed by atoms with van der Waals surface area (Å²) < 4.78 is 72.9. The van der Waals surface area contributed by atoms with Gasteiger partial charge in [0.15, 0.2) is 13.2 Å². The summed E-state index contributed by atoms with van der Waals surface area (Å²) >= 11 is 0. The normalized spacial score (nSPS) is 14.8. The van der Waals surface area contributed by atoms with E-state index in [1.54, 1.807) is 88.7 Å². The molecule has 1 aromatic heterocycles. The van der Waals surface area contributed by atoms with Crippen LogP contribution in [0.2, 0.25) is 0 Å². The number of hydrogen-bond acceptors (Lipinski definition) is 13. The highest BCUT2D eigenvalue weighted by molar-refractivity contribution is 7.89. The first-order chi connectivity index (χ1) is 32.4. The maximum Gasteiger partial charge on any atom is 0.337 e. The lowest BCUT2D eigenvalue weighted by atomic mass is 10.1. The predicted octanol–water partition coefficient (Wildman–Crippen LogP) is 4.27. The first-order valence-corrected chi connectivity index (χ1v) is 24.1. The average molecular weight is 947 g/mol. The van der Waals surface area contributed by atoms with Gasteiger partial charge in [-0.3, -0.25) is 9.59 Å². The van der Waals surface area contributed by atoms with Crippen LogP contribution in [-0.2, 0) is 34.4 Å². The average Bonchev–Trinajstić information content (AvgIpc) is 3.93. The highest BCUT2D eigenvalue weighted by Gasteiger charge is 2.32. The van der Waals surface area contributed by atoms with Gasteiger partial charge in [0.25, 0.3) is 11.8 Å². The Balaban J connectivity index is 0.000000182. The first kappa shape index (κ1) is 46.3. The fourth-order valence-corrected chi connectivity index (χ4v) is 10.7. The minimum absolute atomic E-state index is 0.125. The maximum atomic E-state index is 13.3. The molecular formula is C47H46N8O10S2. The highest BCUT2D eigenvalue weighted by Crippen LogP contribution is 2.27. The van der Waals surface area contributed by atoms with E-state index in [2.05, 4.69) is 20.3 Å². The molecule has 0 radical (unpaired) electrons. The molecule has 2 saturated heterocycles. The number of esters is 1. The summed E-state index contributed by atoms with van der Waals surface area (Å²) in [6.45, 7) is 1.80. The minimum Gasteiger partial charge on any atom is -0.484 e. The fraction of sp³-hybridized carbons (Fsp3) is 0.234. The second kappa shape index (κ2) is 20.5. The zero-order valence-electron chi connectivity index (χ0n) is 36.3. The van der Waals surface area contributed by atoms with Crippen LogP contribution in [0.5, 0.6) is 11.5 Å². The summed E-state index contributed by atoms with van der Waals surface area (Å²) in [7, 11) is -6.01. The van der Waals surface area contributed by atoms with E-state index in [9.17, 15) is 31.2 Å². The smallest absolute Gasteiger partial charge is 0.337 e. The molecule has 2 aliphatic heterocycles. The second-order valence-corrected chi connectivity index (χ2v) is 19.2. The van der Waals surface area contributed by atoms with Crippen LogP contribution in [-0.4, -0.2) is 146 Å². The number of tetrazole rings is 1. The van der Waals surface area contributed by atoms with Crippen molar-refractivity contribution in [1.82, 2.24) is 38.6 Å². The summed E-state index contributed by atoms with van der Waals surface area (Å²) in [6, 6.07) is 38.7. The number of fused-ring (bicyclic) bond motifs is 2. The molecule has 2 amide bonds. The summed E-state index contributed by atoms with van der Waals surface area (Å²) in [4.78, 5) is 40.4. The molecule has 20 heteroatoms. The van der Waals surface area contributed by atoms with Crippen LogP contribution in [0.3, 0.4) is 0 Å². The van der Waals surface area contributed by atoms with Crippen molar-refractivity contribution in [2.45, 2.75) is 9.79 Å². The van der Waals surface area contributed by atoms with Gasteiger partial charge in [-0.15, -0.1) is 5.10 Å². The number of sulfonamides is 2. The molecule has 3 heterocycles. The zero-order valence-corrected chi connectivity index (χ0v) is 38.0. The van der Waals surface area contributed by atoms with Crippen LogP contribution in [0, 0.1) is 0 Å². The molecular weight excluding hydrogens is 901 g/mol. The first-order valence-electron chi connectivity index (χ1n) is 21.2. The number of ether oxygens (including phenoxy) is 3. The zero-order chi connectivity index (χ0) is 47.0. The van der Waals surface area contributed by atoms with Gasteiger partial charge in [-0.05, 0) is 93.3 Å². The lowest BCUT2D eigenvalue weighted by Gasteiger charge is -2.34. The van der Waals surface area contributed by atoms with Crippen molar-refractivity contribution in [3.05, 3.63) is 145 Å². The topological polar surface area (TPSA) is 204 Å². The third-order valence-corrected chi connectivity index (χ3v) is 15.2. The van der Waals surface area contributed by atoms with Gasteiger partial charge in [0, 0.05) is 57.7 Å². The van der Waals surface area contributed by atoms with Crippen LogP contribution < -0.4 is 9.47 Å². The summed E-state index contributed by atoms with van der Waals surface area (Å²) in [5.41, 5.74) is 1.16. The summed E-state index contributed by atoms with van der Waals surface area (Å²) in [5, 5.41) is 14.4. The number of benzene rings is 6. The Morgan fingerprint density at radius 3 is 1.69 bits per heavy atom. The molecule has 0 N–H and O–H groups in total. The fourth-order valence-electron chi connectivity index (χ4n) is 7.64. The number of hydrogen-bond donors (Lipinski definition) is 0. The van der Waals surface area contributed by atoms with E-state index >= 15 is 0 Å². The lowest BCUT2D eigenvalue weighted by molar-refractivity contribution is -0.135. The monoisotopic (exact) mass is 946 g/mol. The number of carbonyl (C=O) groups is 3. The third kappa shape index (κ3) is 10.7. The van der Waals surface area contributed by atoms with Crippen LogP contribution >= 0.6 is 0 Å². The molecule has 2 fully saturated rings. The second-order valence-electron chi connectivity index (χ2n) is 15.4. The molecule has 0 atom stereocenters. The minimum atomic E-state index is -3.67. The Hall–Kier alpha value is -7.26. The van der Waals surface area contributed by atoms with Gasteiger partial charge in [-0.1, -0.05) is 66.7 Å². The number of amides is 2. The number of nitrogens with zero attached hydrogens (tertiary/aromatic N) is 8. The third-order valence-electron chi connectivity index (χ3n) is 11.4. The Labute approximate surface area is 386 Å². The Kier molecular flexibility index (Phi) is 14.2. The van der Waals surface area contributed by atoms with Crippen molar-refractivity contribution in [3.8, 4) is 17.2 Å². The number of aromatic nitrogens is 4. The number of methoxy groups -OCH3 is 1.